The molecule has 0 aliphatic carbocycles. The number of nitrogens with two attached hydrogens (primary N) is 1. The van der Waals surface area contributed by atoms with Crippen LogP contribution in [-0.4, -0.2) is 59.5 Å². The Morgan fingerprint density at radius 2 is 2.06 bits per heavy atom. The zero-order valence-electron chi connectivity index (χ0n) is 9.89. The number of morpholine rings is 1. The van der Waals surface area contributed by atoms with Gasteiger partial charge < -0.3 is 15.4 Å². The Labute approximate surface area is 106 Å². The Kier molecular flexibility index (Phi) is 11.4. The van der Waals surface area contributed by atoms with E-state index in [4.69, 9.17) is 22.7 Å². The van der Waals surface area contributed by atoms with Gasteiger partial charge in [-0.2, -0.15) is 0 Å². The molecule has 1 unspecified atom stereocenters. The lowest BCUT2D eigenvalue weighted by molar-refractivity contribution is 0.0709. The molecule has 1 heterocycles. The maximum Gasteiger partial charge on any atom is 0.0642 e. The van der Waals surface area contributed by atoms with E-state index in [9.17, 15) is 4.21 Å². The van der Waals surface area contributed by atoms with E-state index in [1.165, 1.54) is 0 Å². The number of rotatable bonds is 5. The zero-order chi connectivity index (χ0) is 12.2. The SMILES string of the molecule is CS(=O)CCCCN.S=CN1CCOCC1. The maximum atomic E-state index is 10.4. The number of thiocarbonyl (C=S) groups is 1. The van der Waals surface area contributed by atoms with Gasteiger partial charge in [0.1, 0.15) is 0 Å². The summed E-state index contributed by atoms with van der Waals surface area (Å²) in [5.74, 6) is 0.803. The van der Waals surface area contributed by atoms with Crippen molar-refractivity contribution in [2.45, 2.75) is 12.8 Å². The second kappa shape index (κ2) is 11.4. The van der Waals surface area contributed by atoms with Crippen molar-refractivity contribution in [1.82, 2.24) is 4.90 Å². The van der Waals surface area contributed by atoms with E-state index < -0.39 is 10.8 Å². The van der Waals surface area contributed by atoms with Crippen molar-refractivity contribution in [2.75, 3.05) is 44.9 Å². The third-order valence-electron chi connectivity index (χ3n) is 2.08. The van der Waals surface area contributed by atoms with E-state index in [0.29, 0.717) is 0 Å². The molecular weight excluding hydrogens is 244 g/mol. The Hall–Kier alpha value is -0.0400. The summed E-state index contributed by atoms with van der Waals surface area (Å²) in [5, 5.41) is 0. The van der Waals surface area contributed by atoms with E-state index in [-0.39, 0.29) is 0 Å². The standard InChI is InChI=1S/C5H9NOS.C5H13NOS/c8-5-6-1-3-7-4-2-6;1-8(7)5-3-2-4-6/h5H,1-4H2;2-6H2,1H3. The van der Waals surface area contributed by atoms with Crippen molar-refractivity contribution in [2.24, 2.45) is 5.73 Å². The fraction of sp³-hybridized carbons (Fsp3) is 0.900. The molecule has 0 aromatic heterocycles. The zero-order valence-corrected chi connectivity index (χ0v) is 11.5. The third kappa shape index (κ3) is 10.5. The van der Waals surface area contributed by atoms with Crippen LogP contribution in [0.25, 0.3) is 0 Å². The molecule has 4 nitrogen and oxygen atoms in total. The lowest BCUT2D eigenvalue weighted by Crippen LogP contribution is -2.34. The second-order valence-electron chi connectivity index (χ2n) is 3.53. The molecule has 6 heteroatoms. The third-order valence-corrected chi connectivity index (χ3v) is 3.24. The molecule has 0 aromatic carbocycles. The Morgan fingerprint density at radius 3 is 2.44 bits per heavy atom. The average Bonchev–Trinajstić information content (AvgIpc) is 2.31. The van der Waals surface area contributed by atoms with Crippen LogP contribution in [0.4, 0.5) is 0 Å². The molecule has 1 aliphatic heterocycles. The van der Waals surface area contributed by atoms with Crippen LogP contribution < -0.4 is 5.73 Å². The van der Waals surface area contributed by atoms with Gasteiger partial charge in [0.15, 0.2) is 0 Å². The molecule has 16 heavy (non-hydrogen) atoms. The van der Waals surface area contributed by atoms with Crippen LogP contribution in [-0.2, 0) is 15.5 Å². The molecule has 0 amide bonds. The predicted molar refractivity (Wildman–Crippen MR) is 73.3 cm³/mol. The molecule has 1 rings (SSSR count). The molecule has 1 atom stereocenters. The molecule has 0 spiro atoms. The van der Waals surface area contributed by atoms with Crippen molar-refractivity contribution in [1.29, 1.82) is 0 Å². The number of nitrogens with zero attached hydrogens (tertiary/aromatic N) is 1. The van der Waals surface area contributed by atoms with Crippen molar-refractivity contribution in [3.8, 4) is 0 Å². The molecule has 1 aliphatic rings. The fourth-order valence-electron chi connectivity index (χ4n) is 1.13. The molecular formula is C10H22N2O2S2. The number of hydrogen-bond donors (Lipinski definition) is 1. The van der Waals surface area contributed by atoms with Gasteiger partial charge in [0, 0.05) is 35.9 Å². The van der Waals surface area contributed by atoms with E-state index in [0.717, 1.165) is 51.4 Å². The minimum Gasteiger partial charge on any atom is -0.378 e. The van der Waals surface area contributed by atoms with E-state index in [2.05, 4.69) is 4.90 Å². The van der Waals surface area contributed by atoms with Crippen molar-refractivity contribution >= 4 is 28.5 Å². The number of unbranched alkanes of at least 4 members (excludes halogenated alkanes) is 1. The topological polar surface area (TPSA) is 55.6 Å². The van der Waals surface area contributed by atoms with Gasteiger partial charge in [-0.05, 0) is 19.4 Å². The van der Waals surface area contributed by atoms with Crippen LogP contribution in [0.1, 0.15) is 12.8 Å². The summed E-state index contributed by atoms with van der Waals surface area (Å²) < 4.78 is 15.5. The Balaban J connectivity index is 0.000000281. The molecule has 0 aromatic rings. The lowest BCUT2D eigenvalue weighted by Gasteiger charge is -2.23. The summed E-state index contributed by atoms with van der Waals surface area (Å²) >= 11 is 4.72. The first-order valence-electron chi connectivity index (χ1n) is 5.48. The minimum absolute atomic E-state index is 0.623. The van der Waals surface area contributed by atoms with Crippen molar-refractivity contribution < 1.29 is 8.95 Å². The van der Waals surface area contributed by atoms with Crippen LogP contribution in [0.3, 0.4) is 0 Å². The van der Waals surface area contributed by atoms with Crippen LogP contribution in [0.5, 0.6) is 0 Å². The van der Waals surface area contributed by atoms with E-state index in [1.54, 1.807) is 11.7 Å². The fourth-order valence-corrected chi connectivity index (χ4v) is 1.95. The average molecular weight is 266 g/mol. The second-order valence-corrected chi connectivity index (χ2v) is 5.29. The van der Waals surface area contributed by atoms with Gasteiger partial charge in [0.05, 0.1) is 18.7 Å². The van der Waals surface area contributed by atoms with Crippen LogP contribution >= 0.6 is 12.2 Å². The van der Waals surface area contributed by atoms with Gasteiger partial charge in [0.2, 0.25) is 0 Å². The normalized spacial score (nSPS) is 17.2. The lowest BCUT2D eigenvalue weighted by atomic mass is 10.3. The summed E-state index contributed by atoms with van der Waals surface area (Å²) in [6, 6.07) is 0. The van der Waals surface area contributed by atoms with Crippen LogP contribution in [0.2, 0.25) is 0 Å². The van der Waals surface area contributed by atoms with Crippen LogP contribution in [0, 0.1) is 0 Å². The molecule has 0 bridgehead atoms. The van der Waals surface area contributed by atoms with Gasteiger partial charge in [-0.1, -0.05) is 12.2 Å². The summed E-state index contributed by atoms with van der Waals surface area (Å²) in [6.45, 7) is 4.30. The van der Waals surface area contributed by atoms with Crippen molar-refractivity contribution in [3.05, 3.63) is 0 Å². The summed E-state index contributed by atoms with van der Waals surface area (Å²) in [5.41, 5.74) is 6.91. The first kappa shape index (κ1) is 16.0. The highest BCUT2D eigenvalue weighted by Gasteiger charge is 2.03. The monoisotopic (exact) mass is 266 g/mol. The first-order chi connectivity index (χ1) is 7.70. The van der Waals surface area contributed by atoms with Gasteiger partial charge in [-0.15, -0.1) is 0 Å². The molecule has 0 radical (unpaired) electrons. The van der Waals surface area contributed by atoms with Gasteiger partial charge in [-0.25, -0.2) is 0 Å². The molecule has 1 fully saturated rings. The molecule has 96 valence electrons. The number of ether oxygens (including phenoxy) is 1. The highest BCUT2D eigenvalue weighted by atomic mass is 32.2. The first-order valence-corrected chi connectivity index (χ1v) is 7.67. The Bertz CT molecular complexity index is 197. The van der Waals surface area contributed by atoms with E-state index in [1.807, 2.05) is 0 Å². The number of hydrogen-bond acceptors (Lipinski definition) is 4. The van der Waals surface area contributed by atoms with Gasteiger partial charge >= 0.3 is 0 Å². The highest BCUT2D eigenvalue weighted by molar-refractivity contribution is 7.84. The largest absolute Gasteiger partial charge is 0.378 e. The molecule has 0 saturated carbocycles. The highest BCUT2D eigenvalue weighted by Crippen LogP contribution is 1.91. The van der Waals surface area contributed by atoms with E-state index >= 15 is 0 Å². The maximum absolute atomic E-state index is 10.4. The predicted octanol–water partition coefficient (Wildman–Crippen LogP) is 0.380. The van der Waals surface area contributed by atoms with Gasteiger partial charge in [0.25, 0.3) is 0 Å². The molecule has 1 saturated heterocycles. The summed E-state index contributed by atoms with van der Waals surface area (Å²) in [7, 11) is -0.623. The van der Waals surface area contributed by atoms with Crippen molar-refractivity contribution in [3.63, 3.8) is 0 Å². The molecule has 2 N–H and O–H groups in total. The summed E-state index contributed by atoms with van der Waals surface area (Å²) in [4.78, 5) is 2.08. The Morgan fingerprint density at radius 1 is 1.44 bits per heavy atom. The summed E-state index contributed by atoms with van der Waals surface area (Å²) in [6.07, 6.45) is 3.72. The quantitative estimate of drug-likeness (QED) is 0.576. The van der Waals surface area contributed by atoms with Gasteiger partial charge in [-0.3, -0.25) is 4.21 Å². The smallest absolute Gasteiger partial charge is 0.0642 e. The van der Waals surface area contributed by atoms with Crippen LogP contribution in [0.15, 0.2) is 0 Å². The minimum atomic E-state index is -0.623.